The number of halogens is 1. The third-order valence-corrected chi connectivity index (χ3v) is 3.91. The molecular formula is C12H25ClN2O. The zero-order valence-electron chi connectivity index (χ0n) is 10.4. The molecule has 0 aliphatic carbocycles. The summed E-state index contributed by atoms with van der Waals surface area (Å²) in [4.78, 5) is 2.60. The van der Waals surface area contributed by atoms with E-state index in [9.17, 15) is 0 Å². The van der Waals surface area contributed by atoms with Gasteiger partial charge in [0.05, 0.1) is 12.7 Å². The van der Waals surface area contributed by atoms with Gasteiger partial charge < -0.3 is 10.1 Å². The highest BCUT2D eigenvalue weighted by molar-refractivity contribution is 5.85. The van der Waals surface area contributed by atoms with Crippen molar-refractivity contribution in [1.29, 1.82) is 0 Å². The highest BCUT2D eigenvalue weighted by Crippen LogP contribution is 2.18. The van der Waals surface area contributed by atoms with Gasteiger partial charge in [-0.1, -0.05) is 0 Å². The van der Waals surface area contributed by atoms with Gasteiger partial charge in [0, 0.05) is 19.1 Å². The van der Waals surface area contributed by atoms with Crippen LogP contribution in [0.15, 0.2) is 0 Å². The number of morpholine rings is 1. The smallest absolute Gasteiger partial charge is 0.0700 e. The lowest BCUT2D eigenvalue weighted by atomic mass is 9.97. The molecule has 0 amide bonds. The minimum Gasteiger partial charge on any atom is -0.376 e. The second-order valence-corrected chi connectivity index (χ2v) is 5.02. The van der Waals surface area contributed by atoms with E-state index in [0.29, 0.717) is 12.1 Å². The molecule has 16 heavy (non-hydrogen) atoms. The maximum absolute atomic E-state index is 5.65. The molecule has 2 fully saturated rings. The second kappa shape index (κ2) is 6.80. The minimum atomic E-state index is 0. The number of ether oxygens (including phenoxy) is 1. The van der Waals surface area contributed by atoms with Crippen LogP contribution in [0.25, 0.3) is 0 Å². The van der Waals surface area contributed by atoms with Crippen molar-refractivity contribution >= 4 is 12.4 Å². The molecule has 0 aromatic heterocycles. The van der Waals surface area contributed by atoms with Gasteiger partial charge in [0.25, 0.3) is 0 Å². The van der Waals surface area contributed by atoms with Gasteiger partial charge in [-0.05, 0) is 45.7 Å². The van der Waals surface area contributed by atoms with E-state index in [1.807, 2.05) is 0 Å². The summed E-state index contributed by atoms with van der Waals surface area (Å²) in [5.41, 5.74) is 0. The van der Waals surface area contributed by atoms with E-state index < -0.39 is 0 Å². The van der Waals surface area contributed by atoms with Crippen LogP contribution >= 0.6 is 12.4 Å². The molecule has 3 atom stereocenters. The van der Waals surface area contributed by atoms with Crippen molar-refractivity contribution in [3.63, 3.8) is 0 Å². The molecule has 4 heteroatoms. The van der Waals surface area contributed by atoms with Crippen molar-refractivity contribution in [2.75, 3.05) is 32.8 Å². The first-order valence-corrected chi connectivity index (χ1v) is 6.33. The Kier molecular flexibility index (Phi) is 6.05. The van der Waals surface area contributed by atoms with Crippen LogP contribution < -0.4 is 5.32 Å². The molecule has 2 heterocycles. The first-order valence-electron chi connectivity index (χ1n) is 6.33. The Morgan fingerprint density at radius 1 is 1.38 bits per heavy atom. The Balaban J connectivity index is 0.00000128. The third kappa shape index (κ3) is 3.59. The number of hydrogen-bond acceptors (Lipinski definition) is 3. The Morgan fingerprint density at radius 3 is 2.88 bits per heavy atom. The van der Waals surface area contributed by atoms with E-state index in [1.165, 1.54) is 32.5 Å². The van der Waals surface area contributed by atoms with Crippen LogP contribution in [-0.4, -0.2) is 49.8 Å². The Bertz CT molecular complexity index is 197. The molecule has 2 rings (SSSR count). The van der Waals surface area contributed by atoms with Crippen molar-refractivity contribution in [3.8, 4) is 0 Å². The van der Waals surface area contributed by atoms with Crippen LogP contribution in [0.4, 0.5) is 0 Å². The van der Waals surface area contributed by atoms with E-state index in [1.54, 1.807) is 0 Å². The summed E-state index contributed by atoms with van der Waals surface area (Å²) in [5, 5.41) is 3.49. The van der Waals surface area contributed by atoms with E-state index >= 15 is 0 Å². The number of nitrogens with one attached hydrogen (secondary N) is 1. The van der Waals surface area contributed by atoms with E-state index in [0.717, 1.165) is 19.1 Å². The molecule has 0 spiro atoms. The Morgan fingerprint density at radius 2 is 2.19 bits per heavy atom. The average molecular weight is 249 g/mol. The van der Waals surface area contributed by atoms with Gasteiger partial charge >= 0.3 is 0 Å². The van der Waals surface area contributed by atoms with Gasteiger partial charge in [-0.2, -0.15) is 0 Å². The summed E-state index contributed by atoms with van der Waals surface area (Å²) in [6.45, 7) is 10.2. The molecule has 3 unspecified atom stereocenters. The molecule has 96 valence electrons. The number of piperidine rings is 1. The van der Waals surface area contributed by atoms with Crippen molar-refractivity contribution in [2.45, 2.75) is 38.8 Å². The SMILES string of the molecule is CC1OCCN(CC2CCCNC2)C1C.Cl. The second-order valence-electron chi connectivity index (χ2n) is 5.02. The fraction of sp³-hybridized carbons (Fsp3) is 1.00. The summed E-state index contributed by atoms with van der Waals surface area (Å²) >= 11 is 0. The van der Waals surface area contributed by atoms with Crippen LogP contribution in [-0.2, 0) is 4.74 Å². The molecular weight excluding hydrogens is 224 g/mol. The normalized spacial score (nSPS) is 36.8. The fourth-order valence-electron chi connectivity index (χ4n) is 2.66. The summed E-state index contributed by atoms with van der Waals surface area (Å²) in [7, 11) is 0. The molecule has 0 radical (unpaired) electrons. The van der Waals surface area contributed by atoms with Gasteiger partial charge in [0.15, 0.2) is 0 Å². The van der Waals surface area contributed by atoms with Crippen molar-refractivity contribution in [3.05, 3.63) is 0 Å². The van der Waals surface area contributed by atoms with Gasteiger partial charge in [-0.25, -0.2) is 0 Å². The molecule has 0 saturated carbocycles. The zero-order chi connectivity index (χ0) is 10.7. The highest BCUT2D eigenvalue weighted by Gasteiger charge is 2.27. The highest BCUT2D eigenvalue weighted by atomic mass is 35.5. The fourth-order valence-corrected chi connectivity index (χ4v) is 2.66. The Labute approximate surface area is 105 Å². The first kappa shape index (κ1) is 14.2. The quantitative estimate of drug-likeness (QED) is 0.802. The van der Waals surface area contributed by atoms with E-state index in [-0.39, 0.29) is 12.4 Å². The van der Waals surface area contributed by atoms with E-state index in [4.69, 9.17) is 4.74 Å². The maximum Gasteiger partial charge on any atom is 0.0700 e. The summed E-state index contributed by atoms with van der Waals surface area (Å²) in [6.07, 6.45) is 3.14. The van der Waals surface area contributed by atoms with Crippen molar-refractivity contribution in [1.82, 2.24) is 10.2 Å². The Hall–Kier alpha value is 0.170. The molecule has 0 aromatic carbocycles. The molecule has 1 N–H and O–H groups in total. The monoisotopic (exact) mass is 248 g/mol. The topological polar surface area (TPSA) is 24.5 Å². The number of hydrogen-bond donors (Lipinski definition) is 1. The van der Waals surface area contributed by atoms with Crippen LogP contribution in [0.3, 0.4) is 0 Å². The molecule has 3 nitrogen and oxygen atoms in total. The minimum absolute atomic E-state index is 0. The summed E-state index contributed by atoms with van der Waals surface area (Å²) in [5.74, 6) is 0.853. The standard InChI is InChI=1S/C12H24N2O.ClH/c1-10-11(2)15-7-6-14(10)9-12-4-3-5-13-8-12;/h10-13H,3-9H2,1-2H3;1H. The molecule has 2 aliphatic heterocycles. The predicted octanol–water partition coefficient (Wildman–Crippen LogP) is 1.52. The van der Waals surface area contributed by atoms with Crippen LogP contribution in [0.1, 0.15) is 26.7 Å². The van der Waals surface area contributed by atoms with Gasteiger partial charge in [-0.3, -0.25) is 4.90 Å². The third-order valence-electron chi connectivity index (χ3n) is 3.91. The lowest BCUT2D eigenvalue weighted by molar-refractivity contribution is -0.0606. The van der Waals surface area contributed by atoms with Gasteiger partial charge in [0.2, 0.25) is 0 Å². The number of nitrogens with zero attached hydrogens (tertiary/aromatic N) is 1. The van der Waals surface area contributed by atoms with Crippen molar-refractivity contribution < 1.29 is 4.74 Å². The number of rotatable bonds is 2. The largest absolute Gasteiger partial charge is 0.376 e. The molecule has 0 bridgehead atoms. The van der Waals surface area contributed by atoms with Crippen molar-refractivity contribution in [2.24, 2.45) is 5.92 Å². The first-order chi connectivity index (χ1) is 7.27. The summed E-state index contributed by atoms with van der Waals surface area (Å²) < 4.78 is 5.65. The van der Waals surface area contributed by atoms with E-state index in [2.05, 4.69) is 24.1 Å². The predicted molar refractivity (Wildman–Crippen MR) is 69.3 cm³/mol. The lowest BCUT2D eigenvalue weighted by Gasteiger charge is -2.40. The maximum atomic E-state index is 5.65. The van der Waals surface area contributed by atoms with Gasteiger partial charge in [-0.15, -0.1) is 12.4 Å². The lowest BCUT2D eigenvalue weighted by Crippen LogP contribution is -2.51. The molecule has 2 saturated heterocycles. The molecule has 2 aliphatic rings. The average Bonchev–Trinajstić information content (AvgIpc) is 2.26. The van der Waals surface area contributed by atoms with Gasteiger partial charge in [0.1, 0.15) is 0 Å². The molecule has 0 aromatic rings. The van der Waals surface area contributed by atoms with Crippen LogP contribution in [0.2, 0.25) is 0 Å². The zero-order valence-corrected chi connectivity index (χ0v) is 11.3. The summed E-state index contributed by atoms with van der Waals surface area (Å²) in [6, 6.07) is 0.584. The van der Waals surface area contributed by atoms with Crippen LogP contribution in [0.5, 0.6) is 0 Å². The van der Waals surface area contributed by atoms with Crippen LogP contribution in [0, 0.1) is 5.92 Å².